The van der Waals surface area contributed by atoms with E-state index in [2.05, 4.69) is 15.4 Å². The minimum absolute atomic E-state index is 0. The molecule has 126 valence electrons. The largest absolute Gasteiger partial charge is 0.493 e. The molecule has 0 atom stereocenters. The van der Waals surface area contributed by atoms with Gasteiger partial charge in [0.05, 0.1) is 13.2 Å². The van der Waals surface area contributed by atoms with Crippen LogP contribution in [0.25, 0.3) is 0 Å². The Morgan fingerprint density at radius 1 is 1.36 bits per heavy atom. The summed E-state index contributed by atoms with van der Waals surface area (Å²) < 4.78 is 34.7. The van der Waals surface area contributed by atoms with Crippen molar-refractivity contribution in [2.45, 2.75) is 26.5 Å². The molecule has 2 N–H and O–H groups in total. The number of halogens is 3. The fraction of sp³-hybridized carbons (Fsp3) is 0.500. The van der Waals surface area contributed by atoms with Crippen molar-refractivity contribution in [2.24, 2.45) is 0 Å². The summed E-state index contributed by atoms with van der Waals surface area (Å²) in [7, 11) is 1.64. The molecule has 0 radical (unpaired) electrons. The van der Waals surface area contributed by atoms with E-state index in [1.165, 1.54) is 6.07 Å². The van der Waals surface area contributed by atoms with Crippen LogP contribution in [-0.4, -0.2) is 32.7 Å². The van der Waals surface area contributed by atoms with Crippen LogP contribution in [0, 0.1) is 0 Å². The second-order valence-electron chi connectivity index (χ2n) is 4.30. The van der Waals surface area contributed by atoms with E-state index in [-0.39, 0.29) is 37.2 Å². The molecule has 1 amide bonds. The smallest absolute Gasteiger partial charge is 0.387 e. The van der Waals surface area contributed by atoms with Gasteiger partial charge in [-0.1, -0.05) is 6.92 Å². The maximum absolute atomic E-state index is 12.4. The summed E-state index contributed by atoms with van der Waals surface area (Å²) in [5, 5.41) is 5.31. The maximum atomic E-state index is 12.4. The van der Waals surface area contributed by atoms with Crippen LogP contribution in [0.1, 0.15) is 18.9 Å². The normalized spacial score (nSPS) is 10.0. The first-order chi connectivity index (χ1) is 10.1. The van der Waals surface area contributed by atoms with E-state index < -0.39 is 6.61 Å². The zero-order valence-electron chi connectivity index (χ0n) is 12.5. The predicted octanol–water partition coefficient (Wildman–Crippen LogP) is 2.33. The van der Waals surface area contributed by atoms with Crippen LogP contribution >= 0.6 is 12.4 Å². The molecule has 0 saturated heterocycles. The summed E-state index contributed by atoms with van der Waals surface area (Å²) in [6.07, 6.45) is 0.812. The van der Waals surface area contributed by atoms with Crippen LogP contribution in [0.4, 0.5) is 8.78 Å². The SMILES string of the molecule is CCCOc1ccc(CNC(=O)CNC)c(OC(F)F)c1.Cl. The molecule has 5 nitrogen and oxygen atoms in total. The zero-order valence-corrected chi connectivity index (χ0v) is 13.3. The van der Waals surface area contributed by atoms with Gasteiger partial charge in [-0.3, -0.25) is 4.79 Å². The summed E-state index contributed by atoms with van der Waals surface area (Å²) in [5.74, 6) is 0.230. The zero-order chi connectivity index (χ0) is 15.7. The first kappa shape index (κ1) is 20.4. The quantitative estimate of drug-likeness (QED) is 0.725. The summed E-state index contributed by atoms with van der Waals surface area (Å²) in [6.45, 7) is -0.230. The maximum Gasteiger partial charge on any atom is 0.387 e. The molecule has 0 aliphatic heterocycles. The third kappa shape index (κ3) is 7.42. The van der Waals surface area contributed by atoms with Crippen LogP contribution in [0.15, 0.2) is 18.2 Å². The number of alkyl halides is 2. The second kappa shape index (κ2) is 11.0. The molecule has 8 heteroatoms. The summed E-state index contributed by atoms with van der Waals surface area (Å²) >= 11 is 0. The highest BCUT2D eigenvalue weighted by Gasteiger charge is 2.12. The minimum atomic E-state index is -2.93. The fourth-order valence-electron chi connectivity index (χ4n) is 1.61. The van der Waals surface area contributed by atoms with E-state index in [4.69, 9.17) is 4.74 Å². The average molecular weight is 339 g/mol. The third-order valence-corrected chi connectivity index (χ3v) is 2.54. The van der Waals surface area contributed by atoms with Gasteiger partial charge in [-0.05, 0) is 25.6 Å². The summed E-state index contributed by atoms with van der Waals surface area (Å²) in [5.41, 5.74) is 0.462. The minimum Gasteiger partial charge on any atom is -0.493 e. The molecule has 0 aromatic heterocycles. The first-order valence-electron chi connectivity index (χ1n) is 6.68. The molecule has 1 aromatic carbocycles. The molecular weight excluding hydrogens is 318 g/mol. The highest BCUT2D eigenvalue weighted by atomic mass is 35.5. The lowest BCUT2D eigenvalue weighted by atomic mass is 10.2. The number of rotatable bonds is 9. The number of likely N-dealkylation sites (N-methyl/N-ethyl adjacent to an activating group) is 1. The molecule has 0 bridgehead atoms. The standard InChI is InChI=1S/C14H20F2N2O3.ClH/c1-3-6-20-11-5-4-10(8-18-13(19)9-17-2)12(7-11)21-14(15)16;/h4-5,7,14,17H,3,6,8-9H2,1-2H3,(H,18,19);1H. The van der Waals surface area contributed by atoms with Crippen LogP contribution < -0.4 is 20.1 Å². The van der Waals surface area contributed by atoms with Gasteiger partial charge < -0.3 is 20.1 Å². The lowest BCUT2D eigenvalue weighted by Gasteiger charge is -2.13. The molecule has 1 aromatic rings. The van der Waals surface area contributed by atoms with Crippen molar-refractivity contribution in [2.75, 3.05) is 20.2 Å². The van der Waals surface area contributed by atoms with Crippen molar-refractivity contribution in [3.05, 3.63) is 23.8 Å². The Bertz CT molecular complexity index is 462. The molecule has 0 unspecified atom stereocenters. The molecule has 0 aliphatic rings. The van der Waals surface area contributed by atoms with E-state index in [0.717, 1.165) is 6.42 Å². The van der Waals surface area contributed by atoms with E-state index in [1.54, 1.807) is 19.2 Å². The van der Waals surface area contributed by atoms with E-state index in [9.17, 15) is 13.6 Å². The summed E-state index contributed by atoms with van der Waals surface area (Å²) in [6, 6.07) is 4.66. The predicted molar refractivity (Wildman–Crippen MR) is 81.9 cm³/mol. The Morgan fingerprint density at radius 3 is 2.68 bits per heavy atom. The second-order valence-corrected chi connectivity index (χ2v) is 4.30. The number of benzene rings is 1. The van der Waals surface area contributed by atoms with Gasteiger partial charge in [-0.15, -0.1) is 12.4 Å². The van der Waals surface area contributed by atoms with Crippen LogP contribution in [0.3, 0.4) is 0 Å². The number of hydrogen-bond donors (Lipinski definition) is 2. The number of ether oxygens (including phenoxy) is 2. The Balaban J connectivity index is 0.00000441. The number of carbonyl (C=O) groups excluding carboxylic acids is 1. The van der Waals surface area contributed by atoms with Gasteiger partial charge in [0.1, 0.15) is 11.5 Å². The average Bonchev–Trinajstić information content (AvgIpc) is 2.43. The third-order valence-electron chi connectivity index (χ3n) is 2.54. The van der Waals surface area contributed by atoms with Crippen molar-refractivity contribution in [3.63, 3.8) is 0 Å². The number of amides is 1. The molecule has 0 fully saturated rings. The highest BCUT2D eigenvalue weighted by Crippen LogP contribution is 2.26. The van der Waals surface area contributed by atoms with Crippen LogP contribution in [0.2, 0.25) is 0 Å². The van der Waals surface area contributed by atoms with Gasteiger partial charge in [0, 0.05) is 18.2 Å². The van der Waals surface area contributed by atoms with Gasteiger partial charge in [-0.2, -0.15) is 8.78 Å². The Labute approximate surface area is 134 Å². The molecule has 1 rings (SSSR count). The lowest BCUT2D eigenvalue weighted by Crippen LogP contribution is -2.31. The van der Waals surface area contributed by atoms with E-state index in [0.29, 0.717) is 17.9 Å². The van der Waals surface area contributed by atoms with Gasteiger partial charge in [0.25, 0.3) is 0 Å². The molecule has 0 saturated carbocycles. The number of carbonyl (C=O) groups is 1. The molecule has 0 aliphatic carbocycles. The van der Waals surface area contributed by atoms with Crippen molar-refractivity contribution >= 4 is 18.3 Å². The topological polar surface area (TPSA) is 59.6 Å². The molecule has 22 heavy (non-hydrogen) atoms. The molecule has 0 heterocycles. The molecular formula is C14H21ClF2N2O3. The van der Waals surface area contributed by atoms with Crippen molar-refractivity contribution in [3.8, 4) is 11.5 Å². The highest BCUT2D eigenvalue weighted by molar-refractivity contribution is 5.85. The van der Waals surface area contributed by atoms with Crippen molar-refractivity contribution < 1.29 is 23.0 Å². The Kier molecular flexibility index (Phi) is 10.2. The van der Waals surface area contributed by atoms with Gasteiger partial charge in [0.2, 0.25) is 5.91 Å². The van der Waals surface area contributed by atoms with E-state index in [1.807, 2.05) is 6.92 Å². The van der Waals surface area contributed by atoms with Gasteiger partial charge >= 0.3 is 6.61 Å². The number of hydrogen-bond acceptors (Lipinski definition) is 4. The van der Waals surface area contributed by atoms with Crippen LogP contribution in [-0.2, 0) is 11.3 Å². The van der Waals surface area contributed by atoms with Crippen LogP contribution in [0.5, 0.6) is 11.5 Å². The molecule has 0 spiro atoms. The van der Waals surface area contributed by atoms with Crippen molar-refractivity contribution in [1.82, 2.24) is 10.6 Å². The van der Waals surface area contributed by atoms with Gasteiger partial charge in [0.15, 0.2) is 0 Å². The summed E-state index contributed by atoms with van der Waals surface area (Å²) in [4.78, 5) is 11.4. The van der Waals surface area contributed by atoms with Crippen molar-refractivity contribution in [1.29, 1.82) is 0 Å². The number of nitrogens with one attached hydrogen (secondary N) is 2. The lowest BCUT2D eigenvalue weighted by molar-refractivity contribution is -0.120. The Morgan fingerprint density at radius 2 is 2.09 bits per heavy atom. The monoisotopic (exact) mass is 338 g/mol. The fourth-order valence-corrected chi connectivity index (χ4v) is 1.61. The van der Waals surface area contributed by atoms with Gasteiger partial charge in [-0.25, -0.2) is 0 Å². The Hall–Kier alpha value is -1.60. The van der Waals surface area contributed by atoms with E-state index >= 15 is 0 Å². The first-order valence-corrected chi connectivity index (χ1v) is 6.68.